The summed E-state index contributed by atoms with van der Waals surface area (Å²) in [5.41, 5.74) is -4.11. The van der Waals surface area contributed by atoms with Gasteiger partial charge in [0.15, 0.2) is 5.78 Å². The van der Waals surface area contributed by atoms with Gasteiger partial charge in [-0.2, -0.15) is 13.2 Å². The lowest BCUT2D eigenvalue weighted by atomic mass is 9.98. The fourth-order valence-corrected chi connectivity index (χ4v) is 1.72. The summed E-state index contributed by atoms with van der Waals surface area (Å²) in [6.45, 7) is 0. The first-order valence-electron chi connectivity index (χ1n) is 4.66. The normalized spacial score (nSPS) is 11.2. The number of hydrogen-bond donors (Lipinski definition) is 0. The van der Waals surface area contributed by atoms with Crippen molar-refractivity contribution in [3.8, 4) is 0 Å². The summed E-state index contributed by atoms with van der Waals surface area (Å²) in [7, 11) is 0. The fraction of sp³-hybridized carbons (Fsp3) is 0.200. The number of alkyl halides is 4. The first kappa shape index (κ1) is 15.3. The number of rotatable bonds is 4. The van der Waals surface area contributed by atoms with E-state index in [2.05, 4.69) is 15.9 Å². The average molecular weight is 340 g/mol. The van der Waals surface area contributed by atoms with Crippen molar-refractivity contribution in [2.75, 3.05) is 5.33 Å². The minimum Gasteiger partial charge on any atom is -0.298 e. The van der Waals surface area contributed by atoms with Gasteiger partial charge < -0.3 is 0 Å². The number of Topliss-reactive ketones (excluding diaryl/α,β-unsaturated/α-hetero) is 1. The number of ketones is 1. The zero-order chi connectivity index (χ0) is 14.8. The van der Waals surface area contributed by atoms with Gasteiger partial charge in [0.1, 0.15) is 11.8 Å². The van der Waals surface area contributed by atoms with E-state index in [-0.39, 0.29) is 6.29 Å². The summed E-state index contributed by atoms with van der Waals surface area (Å²) in [6.07, 6.45) is -4.93. The van der Waals surface area contributed by atoms with Crippen molar-refractivity contribution in [3.63, 3.8) is 0 Å². The van der Waals surface area contributed by atoms with Crippen LogP contribution in [-0.2, 0) is 6.18 Å². The molecule has 1 aromatic carbocycles. The predicted octanol–water partition coefficient (Wildman–Crippen LogP) is 3.00. The maximum absolute atomic E-state index is 12.8. The zero-order valence-electron chi connectivity index (χ0n) is 9.03. The third kappa shape index (κ3) is 3.16. The van der Waals surface area contributed by atoms with Crippen molar-refractivity contribution in [1.82, 2.24) is 0 Å². The zero-order valence-corrected chi connectivity index (χ0v) is 10.6. The molecule has 0 N–H and O–H groups in total. The van der Waals surface area contributed by atoms with E-state index in [1.807, 2.05) is 0 Å². The van der Waals surface area contributed by atoms with E-state index in [1.165, 1.54) is 0 Å². The van der Waals surface area contributed by atoms with E-state index in [1.54, 1.807) is 0 Å². The highest BCUT2D eigenvalue weighted by atomic mass is 79.9. The largest absolute Gasteiger partial charge is 0.417 e. The molecule has 0 unspecified atom stereocenters. The van der Waals surface area contributed by atoms with Crippen LogP contribution in [0, 0.1) is 10.1 Å². The van der Waals surface area contributed by atoms with Crippen molar-refractivity contribution < 1.29 is 27.7 Å². The van der Waals surface area contributed by atoms with Crippen LogP contribution >= 0.6 is 15.9 Å². The maximum atomic E-state index is 12.8. The summed E-state index contributed by atoms with van der Waals surface area (Å²) >= 11 is 2.66. The molecule has 0 fully saturated rings. The van der Waals surface area contributed by atoms with Crippen molar-refractivity contribution in [2.24, 2.45) is 0 Å². The van der Waals surface area contributed by atoms with Crippen LogP contribution in [0.5, 0.6) is 0 Å². The predicted molar refractivity (Wildman–Crippen MR) is 61.6 cm³/mol. The summed E-state index contributed by atoms with van der Waals surface area (Å²) in [5, 5.41) is 10.2. The number of aldehydes is 1. The molecule has 1 rings (SSSR count). The molecule has 0 aliphatic carbocycles. The second kappa shape index (κ2) is 5.47. The molecule has 19 heavy (non-hydrogen) atoms. The molecular weight excluding hydrogens is 335 g/mol. The Labute approximate surface area is 112 Å². The molecule has 0 atom stereocenters. The molecule has 0 aromatic heterocycles. The summed E-state index contributed by atoms with van der Waals surface area (Å²) < 4.78 is 38.4. The van der Waals surface area contributed by atoms with Crippen LogP contribution in [0.3, 0.4) is 0 Å². The molecule has 0 aliphatic rings. The fourth-order valence-electron chi connectivity index (χ4n) is 1.44. The van der Waals surface area contributed by atoms with Crippen molar-refractivity contribution in [2.45, 2.75) is 6.18 Å². The van der Waals surface area contributed by atoms with Crippen LogP contribution < -0.4 is 0 Å². The first-order chi connectivity index (χ1) is 8.72. The van der Waals surface area contributed by atoms with Crippen LogP contribution in [0.25, 0.3) is 0 Å². The Hall–Kier alpha value is -1.77. The molecule has 0 radical (unpaired) electrons. The third-order valence-corrected chi connectivity index (χ3v) is 2.69. The van der Waals surface area contributed by atoms with Crippen LogP contribution in [0.1, 0.15) is 26.3 Å². The van der Waals surface area contributed by atoms with E-state index < -0.39 is 44.6 Å². The molecule has 5 nitrogen and oxygen atoms in total. The van der Waals surface area contributed by atoms with Gasteiger partial charge >= 0.3 is 6.18 Å². The molecule has 0 spiro atoms. The molecule has 102 valence electrons. The van der Waals surface area contributed by atoms with Gasteiger partial charge in [0.2, 0.25) is 0 Å². The lowest BCUT2D eigenvalue weighted by Gasteiger charge is -2.12. The van der Waals surface area contributed by atoms with E-state index in [0.717, 1.165) is 0 Å². The summed E-state index contributed by atoms with van der Waals surface area (Å²) in [4.78, 5) is 31.6. The Morgan fingerprint density at radius 2 is 2.00 bits per heavy atom. The molecule has 0 bridgehead atoms. The topological polar surface area (TPSA) is 77.3 Å². The number of benzene rings is 1. The van der Waals surface area contributed by atoms with Gasteiger partial charge in [0, 0.05) is 11.6 Å². The van der Waals surface area contributed by atoms with Gasteiger partial charge in [-0.25, -0.2) is 0 Å². The Morgan fingerprint density at radius 1 is 1.42 bits per heavy atom. The highest BCUT2D eigenvalue weighted by Gasteiger charge is 2.39. The highest BCUT2D eigenvalue weighted by Crippen LogP contribution is 2.37. The van der Waals surface area contributed by atoms with E-state index in [0.29, 0.717) is 12.1 Å². The molecule has 0 saturated heterocycles. The molecular formula is C10H5BrF3NO4. The lowest BCUT2D eigenvalue weighted by Crippen LogP contribution is -2.17. The van der Waals surface area contributed by atoms with Crippen molar-refractivity contribution >= 4 is 33.7 Å². The number of hydrogen-bond acceptors (Lipinski definition) is 4. The number of carbonyl (C=O) groups excluding carboxylic acids is 2. The molecule has 0 aliphatic heterocycles. The number of nitro benzene ring substituents is 1. The average Bonchev–Trinajstić information content (AvgIpc) is 2.34. The second-order valence-electron chi connectivity index (χ2n) is 3.39. The van der Waals surface area contributed by atoms with Gasteiger partial charge in [-0.15, -0.1) is 0 Å². The summed E-state index contributed by atoms with van der Waals surface area (Å²) in [5.74, 6) is -1.09. The molecule has 1 aromatic rings. The maximum Gasteiger partial charge on any atom is 0.417 e. The Balaban J connectivity index is 3.76. The number of nitro groups is 1. The standard InChI is InChI=1S/C10H5BrF3NO4/c11-3-8(17)9-6(10(12,13)14)1-5(4-16)2-7(9)15(18)19/h1-2,4H,3H2. The Bertz CT molecular complexity index is 556. The third-order valence-electron chi connectivity index (χ3n) is 2.18. The first-order valence-corrected chi connectivity index (χ1v) is 5.78. The van der Waals surface area contributed by atoms with Gasteiger partial charge in [0.05, 0.1) is 15.8 Å². The molecule has 0 heterocycles. The van der Waals surface area contributed by atoms with E-state index in [4.69, 9.17) is 0 Å². The van der Waals surface area contributed by atoms with Crippen molar-refractivity contribution in [3.05, 3.63) is 38.9 Å². The quantitative estimate of drug-likeness (QED) is 0.278. The minimum absolute atomic E-state index is 0.0463. The second-order valence-corrected chi connectivity index (χ2v) is 3.95. The highest BCUT2D eigenvalue weighted by molar-refractivity contribution is 9.09. The molecule has 0 amide bonds. The van der Waals surface area contributed by atoms with Crippen LogP contribution in [0.15, 0.2) is 12.1 Å². The smallest absolute Gasteiger partial charge is 0.298 e. The number of halogens is 4. The summed E-state index contributed by atoms with van der Waals surface area (Å²) in [6, 6.07) is 1.05. The van der Waals surface area contributed by atoms with Gasteiger partial charge in [-0.1, -0.05) is 15.9 Å². The van der Waals surface area contributed by atoms with E-state index in [9.17, 15) is 32.9 Å². The lowest BCUT2D eigenvalue weighted by molar-refractivity contribution is -0.385. The van der Waals surface area contributed by atoms with Gasteiger partial charge in [0.25, 0.3) is 5.69 Å². The Kier molecular flexibility index (Phi) is 4.40. The Morgan fingerprint density at radius 3 is 2.37 bits per heavy atom. The SMILES string of the molecule is O=Cc1cc([N+](=O)[O-])c(C(=O)CBr)c(C(F)(F)F)c1. The van der Waals surface area contributed by atoms with E-state index >= 15 is 0 Å². The van der Waals surface area contributed by atoms with Crippen LogP contribution in [-0.4, -0.2) is 22.3 Å². The number of carbonyl (C=O) groups is 2. The van der Waals surface area contributed by atoms with Gasteiger partial charge in [-0.05, 0) is 6.07 Å². The molecule has 0 saturated carbocycles. The van der Waals surface area contributed by atoms with Gasteiger partial charge in [-0.3, -0.25) is 19.7 Å². The monoisotopic (exact) mass is 339 g/mol. The van der Waals surface area contributed by atoms with Crippen LogP contribution in [0.2, 0.25) is 0 Å². The van der Waals surface area contributed by atoms with Crippen molar-refractivity contribution in [1.29, 1.82) is 0 Å². The molecule has 9 heteroatoms. The number of nitrogens with zero attached hydrogens (tertiary/aromatic N) is 1. The van der Waals surface area contributed by atoms with Crippen LogP contribution in [0.4, 0.5) is 18.9 Å². The minimum atomic E-state index is -4.98.